The number of rotatable bonds is 17. The molecule has 2 unspecified atom stereocenters. The topological polar surface area (TPSA) is 114 Å². The number of unbranched alkanes of at least 4 members (excludes halogenated alkanes) is 5. The van der Waals surface area contributed by atoms with Gasteiger partial charge in [-0.15, -0.1) is 0 Å². The lowest BCUT2D eigenvalue weighted by atomic mass is 9.97. The fourth-order valence-corrected chi connectivity index (χ4v) is 4.49. The van der Waals surface area contributed by atoms with Gasteiger partial charge < -0.3 is 25.0 Å². The second-order valence-electron chi connectivity index (χ2n) is 11.8. The molecular formula is C32H53N3O6. The van der Waals surface area contributed by atoms with Crippen LogP contribution in [0.1, 0.15) is 111 Å². The maximum atomic E-state index is 14.2. The molecular weight excluding hydrogens is 522 g/mol. The van der Waals surface area contributed by atoms with Crippen molar-refractivity contribution in [1.82, 2.24) is 15.5 Å². The van der Waals surface area contributed by atoms with Crippen LogP contribution in [0, 0.1) is 12.8 Å². The number of esters is 1. The van der Waals surface area contributed by atoms with Crippen LogP contribution in [-0.2, 0) is 23.9 Å². The van der Waals surface area contributed by atoms with Crippen molar-refractivity contribution in [2.75, 3.05) is 19.7 Å². The number of hydrogen-bond donors (Lipinski definition) is 2. The molecule has 0 saturated carbocycles. The maximum absolute atomic E-state index is 14.2. The molecule has 0 bridgehead atoms. The molecule has 0 saturated heterocycles. The van der Waals surface area contributed by atoms with E-state index in [-0.39, 0.29) is 37.3 Å². The first-order chi connectivity index (χ1) is 19.3. The van der Waals surface area contributed by atoms with E-state index in [1.54, 1.807) is 32.6 Å². The minimum atomic E-state index is -0.943. The quantitative estimate of drug-likeness (QED) is 0.178. The maximum Gasteiger partial charge on any atom is 0.408 e. The smallest absolute Gasteiger partial charge is 0.408 e. The Labute approximate surface area is 247 Å². The van der Waals surface area contributed by atoms with Crippen molar-refractivity contribution < 1.29 is 28.7 Å². The van der Waals surface area contributed by atoms with Gasteiger partial charge in [0.05, 0.1) is 13.0 Å². The average molecular weight is 576 g/mol. The van der Waals surface area contributed by atoms with Crippen molar-refractivity contribution in [2.24, 2.45) is 5.92 Å². The molecule has 9 heteroatoms. The largest absolute Gasteiger partial charge is 0.466 e. The lowest BCUT2D eigenvalue weighted by molar-refractivity contribution is -0.144. The number of amides is 3. The number of carbonyl (C=O) groups excluding carboxylic acids is 4. The number of nitrogens with zero attached hydrogens (tertiary/aromatic N) is 1. The first-order valence-corrected chi connectivity index (χ1v) is 15.1. The molecule has 2 atom stereocenters. The van der Waals surface area contributed by atoms with Gasteiger partial charge in [-0.2, -0.15) is 0 Å². The second-order valence-corrected chi connectivity index (χ2v) is 11.8. The Morgan fingerprint density at radius 1 is 0.976 bits per heavy atom. The van der Waals surface area contributed by atoms with E-state index in [9.17, 15) is 19.2 Å². The summed E-state index contributed by atoms with van der Waals surface area (Å²) >= 11 is 0. The summed E-state index contributed by atoms with van der Waals surface area (Å²) in [6.07, 6.45) is 5.43. The monoisotopic (exact) mass is 575 g/mol. The van der Waals surface area contributed by atoms with Crippen LogP contribution in [0.25, 0.3) is 0 Å². The van der Waals surface area contributed by atoms with Crippen LogP contribution in [0.3, 0.4) is 0 Å². The van der Waals surface area contributed by atoms with Crippen LogP contribution in [0.15, 0.2) is 24.3 Å². The molecule has 232 valence electrons. The number of ether oxygens (including phenoxy) is 2. The summed E-state index contributed by atoms with van der Waals surface area (Å²) in [6.45, 7) is 15.5. The van der Waals surface area contributed by atoms with E-state index in [4.69, 9.17) is 9.47 Å². The molecule has 1 rings (SSSR count). The van der Waals surface area contributed by atoms with E-state index < -0.39 is 29.7 Å². The molecule has 0 aliphatic rings. The second kappa shape index (κ2) is 18.4. The third-order valence-electron chi connectivity index (χ3n) is 6.49. The van der Waals surface area contributed by atoms with E-state index in [1.165, 1.54) is 0 Å². The molecule has 0 aliphatic heterocycles. The highest BCUT2D eigenvalue weighted by molar-refractivity contribution is 5.92. The molecule has 0 aliphatic carbocycles. The lowest BCUT2D eigenvalue weighted by Gasteiger charge is -2.35. The van der Waals surface area contributed by atoms with Crippen LogP contribution in [0.2, 0.25) is 0 Å². The van der Waals surface area contributed by atoms with Crippen molar-refractivity contribution in [3.05, 3.63) is 35.4 Å². The number of nitrogens with one attached hydrogen (secondary N) is 2. The molecule has 0 aromatic heterocycles. The van der Waals surface area contributed by atoms with Crippen molar-refractivity contribution in [3.63, 3.8) is 0 Å². The Morgan fingerprint density at radius 2 is 1.63 bits per heavy atom. The van der Waals surface area contributed by atoms with Crippen molar-refractivity contribution in [1.29, 1.82) is 0 Å². The zero-order chi connectivity index (χ0) is 31.0. The highest BCUT2D eigenvalue weighted by atomic mass is 16.6. The Morgan fingerprint density at radius 3 is 2.22 bits per heavy atom. The van der Waals surface area contributed by atoms with E-state index in [1.807, 2.05) is 45.0 Å². The summed E-state index contributed by atoms with van der Waals surface area (Å²) in [5.74, 6) is -1.40. The standard InChI is InChI=1S/C32H53N3O6/c1-9-11-12-13-14-15-21-35(30(38)27(23(3)4)34-31(39)41-32(6,7)8)28(25-18-16-17-24(5)22-25)29(37)33-20-19-26(36)40-10-2/h16-18,22-23,27-28H,9-15,19-21H2,1-8H3,(H,33,37)(H,34,39). The van der Waals surface area contributed by atoms with Crippen LogP contribution >= 0.6 is 0 Å². The summed E-state index contributed by atoms with van der Waals surface area (Å²) < 4.78 is 10.4. The minimum Gasteiger partial charge on any atom is -0.466 e. The van der Waals surface area contributed by atoms with Crippen molar-refractivity contribution in [2.45, 2.75) is 118 Å². The Hall–Kier alpha value is -3.10. The summed E-state index contributed by atoms with van der Waals surface area (Å²) in [5, 5.41) is 5.59. The third-order valence-corrected chi connectivity index (χ3v) is 6.49. The molecule has 1 aromatic rings. The zero-order valence-electron chi connectivity index (χ0n) is 26.5. The SMILES string of the molecule is CCCCCCCCN(C(=O)C(NC(=O)OC(C)(C)C)C(C)C)C(C(=O)NCCC(=O)OCC)c1cccc(C)c1. The van der Waals surface area contributed by atoms with Gasteiger partial charge in [-0.05, 0) is 52.5 Å². The molecule has 9 nitrogen and oxygen atoms in total. The number of aryl methyl sites for hydroxylation is 1. The van der Waals surface area contributed by atoms with Crippen molar-refractivity contribution in [3.8, 4) is 0 Å². The summed E-state index contributed by atoms with van der Waals surface area (Å²) in [7, 11) is 0. The van der Waals surface area contributed by atoms with Gasteiger partial charge in [0.2, 0.25) is 11.8 Å². The highest BCUT2D eigenvalue weighted by Gasteiger charge is 2.37. The number of hydrogen-bond acceptors (Lipinski definition) is 6. The molecule has 41 heavy (non-hydrogen) atoms. The van der Waals surface area contributed by atoms with Crippen LogP contribution in [0.4, 0.5) is 4.79 Å². The van der Waals surface area contributed by atoms with Crippen LogP contribution in [-0.4, -0.2) is 60.1 Å². The van der Waals surface area contributed by atoms with E-state index in [2.05, 4.69) is 17.6 Å². The van der Waals surface area contributed by atoms with E-state index in [0.717, 1.165) is 37.7 Å². The van der Waals surface area contributed by atoms with Gasteiger partial charge >= 0.3 is 12.1 Å². The molecule has 2 N–H and O–H groups in total. The number of carbonyl (C=O) groups is 4. The summed E-state index contributed by atoms with van der Waals surface area (Å²) in [6, 6.07) is 5.67. The average Bonchev–Trinajstić information content (AvgIpc) is 2.87. The first kappa shape index (κ1) is 35.9. The van der Waals surface area contributed by atoms with Crippen LogP contribution < -0.4 is 10.6 Å². The van der Waals surface area contributed by atoms with Gasteiger partial charge in [0, 0.05) is 13.1 Å². The summed E-state index contributed by atoms with van der Waals surface area (Å²) in [5.41, 5.74) is 0.888. The minimum absolute atomic E-state index is 0.0281. The zero-order valence-corrected chi connectivity index (χ0v) is 26.5. The lowest BCUT2D eigenvalue weighted by Crippen LogP contribution is -2.55. The van der Waals surface area contributed by atoms with E-state index >= 15 is 0 Å². The van der Waals surface area contributed by atoms with Crippen molar-refractivity contribution >= 4 is 23.9 Å². The van der Waals surface area contributed by atoms with Gasteiger partial charge in [0.15, 0.2) is 0 Å². The summed E-state index contributed by atoms with van der Waals surface area (Å²) in [4.78, 5) is 54.1. The van der Waals surface area contributed by atoms with E-state index in [0.29, 0.717) is 18.5 Å². The molecule has 0 spiro atoms. The van der Waals surface area contributed by atoms with Crippen LogP contribution in [0.5, 0.6) is 0 Å². The van der Waals surface area contributed by atoms with Gasteiger partial charge in [-0.3, -0.25) is 14.4 Å². The molecule has 1 aromatic carbocycles. The van der Waals surface area contributed by atoms with Gasteiger partial charge in [0.1, 0.15) is 17.7 Å². The normalized spacial score (nSPS) is 12.8. The molecule has 0 radical (unpaired) electrons. The molecule has 3 amide bonds. The van der Waals surface area contributed by atoms with Gasteiger partial charge in [-0.25, -0.2) is 4.79 Å². The fraction of sp³-hybridized carbons (Fsp3) is 0.688. The van der Waals surface area contributed by atoms with Gasteiger partial charge in [0.25, 0.3) is 0 Å². The van der Waals surface area contributed by atoms with Gasteiger partial charge in [-0.1, -0.05) is 82.7 Å². The highest BCUT2D eigenvalue weighted by Crippen LogP contribution is 2.26. The predicted molar refractivity (Wildman–Crippen MR) is 161 cm³/mol. The molecule has 0 heterocycles. The molecule has 0 fully saturated rings. The predicted octanol–water partition coefficient (Wildman–Crippen LogP) is 5.84. The Balaban J connectivity index is 3.38. The Bertz CT molecular complexity index is 972. The fourth-order valence-electron chi connectivity index (χ4n) is 4.49. The Kier molecular flexibility index (Phi) is 16.1. The number of benzene rings is 1. The first-order valence-electron chi connectivity index (χ1n) is 15.1. The third kappa shape index (κ3) is 13.9. The number of alkyl carbamates (subject to hydrolysis) is 1.